The van der Waals surface area contributed by atoms with Crippen LogP contribution < -0.4 is 10.1 Å². The molecule has 150 valence electrons. The summed E-state index contributed by atoms with van der Waals surface area (Å²) in [5.41, 5.74) is 1.51. The van der Waals surface area contributed by atoms with Crippen molar-refractivity contribution < 1.29 is 28.6 Å². The summed E-state index contributed by atoms with van der Waals surface area (Å²) in [7, 11) is 1.53. The molecule has 0 fully saturated rings. The molecule has 1 aromatic heterocycles. The summed E-state index contributed by atoms with van der Waals surface area (Å²) in [5.74, 6) is -1.02. The SMILES string of the molecule is CCOC(=O)c1c(NC(=O)COC(=O)c2ccc(OC)cc2)sc(C)c1CC. The molecule has 0 aliphatic rings. The van der Waals surface area contributed by atoms with Crippen molar-refractivity contribution >= 4 is 34.2 Å². The molecule has 0 saturated heterocycles. The van der Waals surface area contributed by atoms with Gasteiger partial charge in [0.1, 0.15) is 10.8 Å². The predicted molar refractivity (Wildman–Crippen MR) is 106 cm³/mol. The lowest BCUT2D eigenvalue weighted by Gasteiger charge is -2.09. The van der Waals surface area contributed by atoms with Crippen LogP contribution in [-0.4, -0.2) is 38.2 Å². The van der Waals surface area contributed by atoms with Crippen LogP contribution in [0.15, 0.2) is 24.3 Å². The largest absolute Gasteiger partial charge is 0.497 e. The first-order valence-corrected chi connectivity index (χ1v) is 9.63. The van der Waals surface area contributed by atoms with Gasteiger partial charge in [-0.05, 0) is 50.1 Å². The summed E-state index contributed by atoms with van der Waals surface area (Å²) < 4.78 is 15.2. The monoisotopic (exact) mass is 405 g/mol. The van der Waals surface area contributed by atoms with Crippen molar-refractivity contribution in [3.63, 3.8) is 0 Å². The lowest BCUT2D eigenvalue weighted by atomic mass is 10.1. The van der Waals surface area contributed by atoms with E-state index in [2.05, 4.69) is 5.32 Å². The lowest BCUT2D eigenvalue weighted by molar-refractivity contribution is -0.119. The maximum Gasteiger partial charge on any atom is 0.341 e. The standard InChI is InChI=1S/C20H23NO6S/c1-5-15-12(3)28-18(17(15)20(24)26-6-2)21-16(22)11-27-19(23)13-7-9-14(25-4)10-8-13/h7-10H,5-6,11H2,1-4H3,(H,21,22). The molecule has 28 heavy (non-hydrogen) atoms. The molecule has 0 spiro atoms. The van der Waals surface area contributed by atoms with E-state index in [-0.39, 0.29) is 6.61 Å². The molecular formula is C20H23NO6S. The van der Waals surface area contributed by atoms with Gasteiger partial charge in [-0.3, -0.25) is 4.79 Å². The van der Waals surface area contributed by atoms with E-state index < -0.39 is 24.5 Å². The number of ether oxygens (including phenoxy) is 3. The highest BCUT2D eigenvalue weighted by Crippen LogP contribution is 2.34. The van der Waals surface area contributed by atoms with E-state index in [9.17, 15) is 14.4 Å². The molecule has 0 aliphatic heterocycles. The molecule has 0 radical (unpaired) electrons. The Morgan fingerprint density at radius 2 is 1.71 bits per heavy atom. The maximum atomic E-state index is 12.3. The second-order valence-corrected chi connectivity index (χ2v) is 6.99. The van der Waals surface area contributed by atoms with Gasteiger partial charge in [0.15, 0.2) is 6.61 Å². The van der Waals surface area contributed by atoms with Gasteiger partial charge in [0.25, 0.3) is 5.91 Å². The molecule has 1 aromatic carbocycles. The zero-order chi connectivity index (χ0) is 20.7. The van der Waals surface area contributed by atoms with Crippen molar-refractivity contribution in [2.75, 3.05) is 25.6 Å². The average molecular weight is 405 g/mol. The van der Waals surface area contributed by atoms with Gasteiger partial charge in [-0.2, -0.15) is 0 Å². The van der Waals surface area contributed by atoms with E-state index in [1.165, 1.54) is 18.4 Å². The van der Waals surface area contributed by atoms with Crippen molar-refractivity contribution in [3.05, 3.63) is 45.8 Å². The van der Waals surface area contributed by atoms with Crippen molar-refractivity contribution in [1.29, 1.82) is 0 Å². The van der Waals surface area contributed by atoms with E-state index in [0.717, 1.165) is 10.4 Å². The number of benzene rings is 1. The Morgan fingerprint density at radius 3 is 2.29 bits per heavy atom. The van der Waals surface area contributed by atoms with Crippen LogP contribution in [0.4, 0.5) is 5.00 Å². The quantitative estimate of drug-likeness (QED) is 0.675. The Bertz CT molecular complexity index is 856. The molecule has 7 nitrogen and oxygen atoms in total. The summed E-state index contributed by atoms with van der Waals surface area (Å²) in [6, 6.07) is 6.36. The number of nitrogens with one attached hydrogen (secondary N) is 1. The van der Waals surface area contributed by atoms with Crippen molar-refractivity contribution in [1.82, 2.24) is 0 Å². The highest BCUT2D eigenvalue weighted by molar-refractivity contribution is 7.16. The second kappa shape index (κ2) is 9.89. The van der Waals surface area contributed by atoms with Gasteiger partial charge in [0.2, 0.25) is 0 Å². The number of rotatable bonds is 8. The molecule has 1 amide bonds. The Balaban J connectivity index is 2.04. The van der Waals surface area contributed by atoms with Gasteiger partial charge >= 0.3 is 11.9 Å². The molecule has 0 aliphatic carbocycles. The molecule has 0 atom stereocenters. The maximum absolute atomic E-state index is 12.3. The van der Waals surface area contributed by atoms with Crippen molar-refractivity contribution in [3.8, 4) is 5.75 Å². The first-order valence-electron chi connectivity index (χ1n) is 8.81. The number of carbonyl (C=O) groups is 3. The molecular weight excluding hydrogens is 382 g/mol. The Morgan fingerprint density at radius 1 is 1.04 bits per heavy atom. The van der Waals surface area contributed by atoms with Crippen molar-refractivity contribution in [2.45, 2.75) is 27.2 Å². The number of thiophene rings is 1. The minimum atomic E-state index is -0.625. The fourth-order valence-corrected chi connectivity index (χ4v) is 3.77. The number of esters is 2. The number of hydrogen-bond donors (Lipinski definition) is 1. The van der Waals surface area contributed by atoms with E-state index in [0.29, 0.717) is 28.3 Å². The summed E-state index contributed by atoms with van der Waals surface area (Å²) >= 11 is 1.30. The van der Waals surface area contributed by atoms with Crippen LogP contribution >= 0.6 is 11.3 Å². The Labute approximate surface area is 167 Å². The Kier molecular flexibility index (Phi) is 7.57. The minimum Gasteiger partial charge on any atom is -0.497 e. The zero-order valence-electron chi connectivity index (χ0n) is 16.3. The van der Waals surface area contributed by atoms with Gasteiger partial charge in [-0.15, -0.1) is 11.3 Å². The smallest absolute Gasteiger partial charge is 0.341 e. The van der Waals surface area contributed by atoms with Gasteiger partial charge in [0, 0.05) is 4.88 Å². The molecule has 2 aromatic rings. The van der Waals surface area contributed by atoms with Crippen LogP contribution in [0.5, 0.6) is 5.75 Å². The number of amides is 1. The fraction of sp³-hybridized carbons (Fsp3) is 0.350. The topological polar surface area (TPSA) is 90.9 Å². The molecule has 1 heterocycles. The molecule has 0 unspecified atom stereocenters. The molecule has 8 heteroatoms. The summed E-state index contributed by atoms with van der Waals surface area (Å²) in [4.78, 5) is 37.5. The predicted octanol–water partition coefficient (Wildman–Crippen LogP) is 3.60. The van der Waals surface area contributed by atoms with Crippen LogP contribution in [0.25, 0.3) is 0 Å². The van der Waals surface area contributed by atoms with Gasteiger partial charge < -0.3 is 19.5 Å². The molecule has 0 saturated carbocycles. The van der Waals surface area contributed by atoms with Gasteiger partial charge in [0.05, 0.1) is 24.8 Å². The molecule has 0 bridgehead atoms. The van der Waals surface area contributed by atoms with E-state index >= 15 is 0 Å². The Hall–Kier alpha value is -2.87. The fourth-order valence-electron chi connectivity index (χ4n) is 2.62. The van der Waals surface area contributed by atoms with E-state index in [4.69, 9.17) is 14.2 Å². The van der Waals surface area contributed by atoms with Gasteiger partial charge in [-0.25, -0.2) is 9.59 Å². The van der Waals surface area contributed by atoms with Crippen LogP contribution in [0.3, 0.4) is 0 Å². The number of methoxy groups -OCH3 is 1. The third-order valence-electron chi connectivity index (χ3n) is 3.96. The average Bonchev–Trinajstić information content (AvgIpc) is 3.01. The molecule has 2 rings (SSSR count). The number of hydrogen-bond acceptors (Lipinski definition) is 7. The zero-order valence-corrected chi connectivity index (χ0v) is 17.1. The van der Waals surface area contributed by atoms with Crippen LogP contribution in [0.2, 0.25) is 0 Å². The summed E-state index contributed by atoms with van der Waals surface area (Å²) in [6.45, 7) is 5.31. The van der Waals surface area contributed by atoms with E-state index in [1.807, 2.05) is 13.8 Å². The normalized spacial score (nSPS) is 10.3. The number of anilines is 1. The number of carbonyl (C=O) groups excluding carboxylic acids is 3. The lowest BCUT2D eigenvalue weighted by Crippen LogP contribution is -2.22. The minimum absolute atomic E-state index is 0.240. The first-order chi connectivity index (χ1) is 13.4. The van der Waals surface area contributed by atoms with Crippen LogP contribution in [-0.2, 0) is 20.7 Å². The molecule has 1 N–H and O–H groups in total. The van der Waals surface area contributed by atoms with Crippen LogP contribution in [0, 0.1) is 6.92 Å². The number of aryl methyl sites for hydroxylation is 1. The summed E-state index contributed by atoms with van der Waals surface area (Å²) in [6.07, 6.45) is 0.638. The highest BCUT2D eigenvalue weighted by atomic mass is 32.1. The van der Waals surface area contributed by atoms with Gasteiger partial charge in [-0.1, -0.05) is 6.92 Å². The van der Waals surface area contributed by atoms with Crippen molar-refractivity contribution in [2.24, 2.45) is 0 Å². The third-order valence-corrected chi connectivity index (χ3v) is 5.02. The second-order valence-electron chi connectivity index (χ2n) is 5.77. The van der Waals surface area contributed by atoms with E-state index in [1.54, 1.807) is 31.2 Å². The summed E-state index contributed by atoms with van der Waals surface area (Å²) in [5, 5.41) is 3.05. The highest BCUT2D eigenvalue weighted by Gasteiger charge is 2.23. The van der Waals surface area contributed by atoms with Crippen LogP contribution in [0.1, 0.15) is 45.0 Å². The first kappa shape index (κ1) is 21.4. The third kappa shape index (κ3) is 5.10.